The van der Waals surface area contributed by atoms with E-state index in [0.717, 1.165) is 26.1 Å². The molecule has 0 saturated heterocycles. The van der Waals surface area contributed by atoms with Gasteiger partial charge in [0.2, 0.25) is 0 Å². The quantitative estimate of drug-likeness (QED) is 0.576. The van der Waals surface area contributed by atoms with Gasteiger partial charge in [-0.2, -0.15) is 0 Å². The highest BCUT2D eigenvalue weighted by atomic mass is 32.2. The van der Waals surface area contributed by atoms with Gasteiger partial charge in [-0.25, -0.2) is 0 Å². The second kappa shape index (κ2) is 8.57. The third kappa shape index (κ3) is 5.89. The maximum atomic E-state index is 5.03. The average Bonchev–Trinajstić information content (AvgIpc) is 2.32. The van der Waals surface area contributed by atoms with Crippen molar-refractivity contribution in [2.75, 3.05) is 26.8 Å². The van der Waals surface area contributed by atoms with Crippen molar-refractivity contribution in [1.29, 1.82) is 0 Å². The fourth-order valence-electron chi connectivity index (χ4n) is 1.84. The van der Waals surface area contributed by atoms with E-state index in [4.69, 9.17) is 4.74 Å². The number of rotatable bonds is 8. The van der Waals surface area contributed by atoms with Crippen molar-refractivity contribution in [1.82, 2.24) is 5.32 Å². The standard InChI is InChI=1S/C15H25NOS/c1-12-6-7-15(13(2)10-12)18-14(3)11-16-8-5-9-17-4/h6-7,10,14,16H,5,8-9,11H2,1-4H3. The molecule has 18 heavy (non-hydrogen) atoms. The van der Waals surface area contributed by atoms with Gasteiger partial charge < -0.3 is 10.1 Å². The zero-order valence-corrected chi connectivity index (χ0v) is 12.8. The number of hydrogen-bond acceptors (Lipinski definition) is 3. The number of aryl methyl sites for hydroxylation is 2. The molecule has 1 unspecified atom stereocenters. The van der Waals surface area contributed by atoms with Crippen molar-refractivity contribution in [3.8, 4) is 0 Å². The van der Waals surface area contributed by atoms with Gasteiger partial charge in [0.25, 0.3) is 0 Å². The van der Waals surface area contributed by atoms with Crippen molar-refractivity contribution in [3.63, 3.8) is 0 Å². The van der Waals surface area contributed by atoms with Crippen LogP contribution in [0.3, 0.4) is 0 Å². The van der Waals surface area contributed by atoms with Crippen LogP contribution in [0.15, 0.2) is 23.1 Å². The summed E-state index contributed by atoms with van der Waals surface area (Å²) >= 11 is 1.95. The number of hydrogen-bond donors (Lipinski definition) is 1. The Morgan fingerprint density at radius 3 is 2.78 bits per heavy atom. The largest absolute Gasteiger partial charge is 0.385 e. The van der Waals surface area contributed by atoms with E-state index in [-0.39, 0.29) is 0 Å². The van der Waals surface area contributed by atoms with Crippen LogP contribution < -0.4 is 5.32 Å². The lowest BCUT2D eigenvalue weighted by molar-refractivity contribution is 0.194. The fraction of sp³-hybridized carbons (Fsp3) is 0.600. The lowest BCUT2D eigenvalue weighted by Gasteiger charge is -2.14. The van der Waals surface area contributed by atoms with Gasteiger partial charge in [-0.3, -0.25) is 0 Å². The van der Waals surface area contributed by atoms with E-state index in [2.05, 4.69) is 44.3 Å². The zero-order valence-electron chi connectivity index (χ0n) is 12.0. The van der Waals surface area contributed by atoms with Gasteiger partial charge in [0.1, 0.15) is 0 Å². The highest BCUT2D eigenvalue weighted by molar-refractivity contribution is 8.00. The molecule has 0 fully saturated rings. The zero-order chi connectivity index (χ0) is 13.4. The molecule has 0 aromatic heterocycles. The molecule has 0 radical (unpaired) electrons. The summed E-state index contributed by atoms with van der Waals surface area (Å²) < 4.78 is 5.03. The summed E-state index contributed by atoms with van der Waals surface area (Å²) in [6.45, 7) is 9.52. The third-order valence-electron chi connectivity index (χ3n) is 2.79. The Labute approximate surface area is 116 Å². The molecular weight excluding hydrogens is 242 g/mol. The smallest absolute Gasteiger partial charge is 0.0474 e. The van der Waals surface area contributed by atoms with Gasteiger partial charge in [-0.15, -0.1) is 11.8 Å². The summed E-state index contributed by atoms with van der Waals surface area (Å²) in [4.78, 5) is 1.40. The lowest BCUT2D eigenvalue weighted by atomic mass is 10.2. The molecule has 2 nitrogen and oxygen atoms in total. The Bertz CT molecular complexity index is 354. The van der Waals surface area contributed by atoms with E-state index in [0.29, 0.717) is 5.25 Å². The van der Waals surface area contributed by atoms with E-state index >= 15 is 0 Å². The molecule has 1 atom stereocenters. The van der Waals surface area contributed by atoms with Gasteiger partial charge in [0.15, 0.2) is 0 Å². The van der Waals surface area contributed by atoms with Gasteiger partial charge in [0.05, 0.1) is 0 Å². The van der Waals surface area contributed by atoms with Crippen molar-refractivity contribution >= 4 is 11.8 Å². The molecule has 0 saturated carbocycles. The van der Waals surface area contributed by atoms with Crippen LogP contribution >= 0.6 is 11.8 Å². The van der Waals surface area contributed by atoms with Crippen molar-refractivity contribution < 1.29 is 4.74 Å². The first-order valence-electron chi connectivity index (χ1n) is 6.57. The summed E-state index contributed by atoms with van der Waals surface area (Å²) in [5, 5.41) is 4.06. The van der Waals surface area contributed by atoms with E-state index in [1.807, 2.05) is 11.8 Å². The minimum Gasteiger partial charge on any atom is -0.385 e. The first-order chi connectivity index (χ1) is 8.63. The van der Waals surface area contributed by atoms with Crippen molar-refractivity contribution in [3.05, 3.63) is 29.3 Å². The van der Waals surface area contributed by atoms with Crippen LogP contribution in [-0.4, -0.2) is 32.1 Å². The first kappa shape index (κ1) is 15.5. The minimum atomic E-state index is 0.592. The van der Waals surface area contributed by atoms with E-state index < -0.39 is 0 Å². The predicted molar refractivity (Wildman–Crippen MR) is 80.6 cm³/mol. The number of methoxy groups -OCH3 is 1. The summed E-state index contributed by atoms with van der Waals surface area (Å²) in [5.74, 6) is 0. The number of nitrogens with one attached hydrogen (secondary N) is 1. The monoisotopic (exact) mass is 267 g/mol. The summed E-state index contributed by atoms with van der Waals surface area (Å²) in [7, 11) is 1.75. The number of thioether (sulfide) groups is 1. The lowest BCUT2D eigenvalue weighted by Crippen LogP contribution is -2.24. The molecular formula is C15H25NOS. The molecule has 0 spiro atoms. The maximum Gasteiger partial charge on any atom is 0.0474 e. The molecule has 0 aliphatic heterocycles. The Kier molecular flexibility index (Phi) is 7.40. The second-order valence-corrected chi connectivity index (χ2v) is 6.23. The topological polar surface area (TPSA) is 21.3 Å². The molecule has 102 valence electrons. The molecule has 0 bridgehead atoms. The van der Waals surface area contributed by atoms with Crippen molar-refractivity contribution in [2.24, 2.45) is 0 Å². The maximum absolute atomic E-state index is 5.03. The van der Waals surface area contributed by atoms with Crippen LogP contribution in [-0.2, 0) is 4.74 Å². The molecule has 1 rings (SSSR count). The average molecular weight is 267 g/mol. The minimum absolute atomic E-state index is 0.592. The normalized spacial score (nSPS) is 12.7. The highest BCUT2D eigenvalue weighted by Gasteiger charge is 2.06. The SMILES string of the molecule is COCCCNCC(C)Sc1ccc(C)cc1C. The Hall–Kier alpha value is -0.510. The van der Waals surface area contributed by atoms with Gasteiger partial charge in [-0.1, -0.05) is 24.6 Å². The van der Waals surface area contributed by atoms with Gasteiger partial charge in [-0.05, 0) is 38.4 Å². The summed E-state index contributed by atoms with van der Waals surface area (Å²) in [6.07, 6.45) is 1.08. The Morgan fingerprint density at radius 1 is 1.33 bits per heavy atom. The molecule has 1 aromatic rings. The van der Waals surface area contributed by atoms with Crippen LogP contribution in [0.5, 0.6) is 0 Å². The van der Waals surface area contributed by atoms with Crippen LogP contribution in [0.2, 0.25) is 0 Å². The third-order valence-corrected chi connectivity index (χ3v) is 4.07. The van der Waals surface area contributed by atoms with Gasteiger partial charge >= 0.3 is 0 Å². The van der Waals surface area contributed by atoms with Crippen molar-refractivity contribution in [2.45, 2.75) is 37.3 Å². The molecule has 0 amide bonds. The fourth-order valence-corrected chi connectivity index (χ4v) is 2.86. The highest BCUT2D eigenvalue weighted by Crippen LogP contribution is 2.26. The molecule has 0 aliphatic carbocycles. The van der Waals surface area contributed by atoms with E-state index in [1.54, 1.807) is 7.11 Å². The van der Waals surface area contributed by atoms with Gasteiger partial charge in [0, 0.05) is 30.4 Å². The van der Waals surface area contributed by atoms with Crippen LogP contribution in [0.25, 0.3) is 0 Å². The van der Waals surface area contributed by atoms with Crippen LogP contribution in [0.4, 0.5) is 0 Å². The molecule has 3 heteroatoms. The number of ether oxygens (including phenoxy) is 1. The van der Waals surface area contributed by atoms with E-state index in [1.165, 1.54) is 16.0 Å². The Morgan fingerprint density at radius 2 is 2.11 bits per heavy atom. The van der Waals surface area contributed by atoms with Crippen LogP contribution in [0.1, 0.15) is 24.5 Å². The molecule has 0 aliphatic rings. The predicted octanol–water partition coefficient (Wildman–Crippen LogP) is 3.41. The number of benzene rings is 1. The molecule has 1 aromatic carbocycles. The van der Waals surface area contributed by atoms with Crippen LogP contribution in [0, 0.1) is 13.8 Å². The Balaban J connectivity index is 2.28. The van der Waals surface area contributed by atoms with E-state index in [9.17, 15) is 0 Å². The molecule has 1 N–H and O–H groups in total. The summed E-state index contributed by atoms with van der Waals surface area (Å²) in [5.41, 5.74) is 2.72. The second-order valence-electron chi connectivity index (χ2n) is 4.75. The molecule has 0 heterocycles. The summed E-state index contributed by atoms with van der Waals surface area (Å²) in [6, 6.07) is 6.67. The first-order valence-corrected chi connectivity index (χ1v) is 7.45.